The van der Waals surface area contributed by atoms with Crippen molar-refractivity contribution >= 4 is 17.6 Å². The van der Waals surface area contributed by atoms with Crippen LogP contribution in [0, 0.1) is 12.8 Å². The molecule has 0 aliphatic heterocycles. The first kappa shape index (κ1) is 16.2. The number of rotatable bonds is 3. The van der Waals surface area contributed by atoms with Gasteiger partial charge in [0.05, 0.1) is 12.2 Å². The lowest BCUT2D eigenvalue weighted by atomic mass is 9.88. The second-order valence-electron chi connectivity index (χ2n) is 6.92. The Morgan fingerprint density at radius 3 is 2.68 bits per heavy atom. The number of aromatic nitrogens is 2. The van der Waals surface area contributed by atoms with Gasteiger partial charge in [-0.1, -0.05) is 53.6 Å². The predicted molar refractivity (Wildman–Crippen MR) is 97.1 cm³/mol. The summed E-state index contributed by atoms with van der Waals surface area (Å²) in [5.74, 6) is -0.608. The van der Waals surface area contributed by atoms with E-state index < -0.39 is 5.97 Å². The molecule has 1 aromatic carbocycles. The summed E-state index contributed by atoms with van der Waals surface area (Å²) in [5.41, 5.74) is 5.37. The van der Waals surface area contributed by atoms with E-state index in [4.69, 9.17) is 11.6 Å². The van der Waals surface area contributed by atoms with Crippen molar-refractivity contribution in [2.75, 3.05) is 0 Å². The zero-order valence-corrected chi connectivity index (χ0v) is 14.9. The monoisotopic (exact) mass is 354 g/mol. The molecule has 1 N–H and O–H groups in total. The number of hydrogen-bond acceptors (Lipinski definition) is 2. The average Bonchev–Trinajstić information content (AvgIpc) is 3.08. The fourth-order valence-electron chi connectivity index (χ4n) is 3.87. The smallest absolute Gasteiger partial charge is 0.356 e. The van der Waals surface area contributed by atoms with E-state index in [1.165, 1.54) is 5.56 Å². The molecule has 2 aromatic rings. The fraction of sp³-hybridized carbons (Fsp3) is 0.300. The number of benzene rings is 1. The van der Waals surface area contributed by atoms with Crippen LogP contribution in [-0.4, -0.2) is 20.9 Å². The highest BCUT2D eigenvalue weighted by Gasteiger charge is 2.39. The van der Waals surface area contributed by atoms with Crippen LogP contribution in [-0.2, 0) is 13.0 Å². The normalized spacial score (nSPS) is 21.4. The summed E-state index contributed by atoms with van der Waals surface area (Å²) in [7, 11) is 0. The van der Waals surface area contributed by atoms with E-state index in [1.54, 1.807) is 0 Å². The van der Waals surface area contributed by atoms with Crippen molar-refractivity contribution in [3.05, 3.63) is 75.1 Å². The van der Waals surface area contributed by atoms with Gasteiger partial charge in [-0.3, -0.25) is 4.68 Å². The SMILES string of the molecule is CC1=CC2Cc3c(C(=O)O)nn(Cc4ccc(C)cc4)c3C2C=C1Cl. The first-order chi connectivity index (χ1) is 11.9. The minimum Gasteiger partial charge on any atom is -0.476 e. The molecule has 1 aromatic heterocycles. The Morgan fingerprint density at radius 2 is 2.00 bits per heavy atom. The van der Waals surface area contributed by atoms with Crippen molar-refractivity contribution in [2.24, 2.45) is 5.92 Å². The first-order valence-corrected chi connectivity index (χ1v) is 8.76. The van der Waals surface area contributed by atoms with Crippen molar-refractivity contribution in [1.29, 1.82) is 0 Å². The molecule has 0 saturated carbocycles. The third-order valence-electron chi connectivity index (χ3n) is 5.13. The number of allylic oxidation sites excluding steroid dienone is 4. The standard InChI is InChI=1S/C20H19ClN2O2/c1-11-3-5-13(6-4-11)10-23-19-15-9-17(21)12(2)7-14(15)8-16(19)18(22-23)20(24)25/h3-7,9,14-15H,8,10H2,1-2H3,(H,24,25). The van der Waals surface area contributed by atoms with Crippen LogP contribution >= 0.6 is 11.6 Å². The van der Waals surface area contributed by atoms with Gasteiger partial charge in [0.2, 0.25) is 0 Å². The highest BCUT2D eigenvalue weighted by Crippen LogP contribution is 2.46. The molecule has 1 heterocycles. The van der Waals surface area contributed by atoms with Crippen molar-refractivity contribution in [1.82, 2.24) is 9.78 Å². The summed E-state index contributed by atoms with van der Waals surface area (Å²) < 4.78 is 1.85. The quantitative estimate of drug-likeness (QED) is 0.895. The van der Waals surface area contributed by atoms with E-state index in [9.17, 15) is 9.90 Å². The maximum Gasteiger partial charge on any atom is 0.356 e. The van der Waals surface area contributed by atoms with Gasteiger partial charge >= 0.3 is 5.97 Å². The van der Waals surface area contributed by atoms with E-state index in [0.29, 0.717) is 13.0 Å². The summed E-state index contributed by atoms with van der Waals surface area (Å²) in [4.78, 5) is 11.7. The van der Waals surface area contributed by atoms with Crippen LogP contribution in [0.3, 0.4) is 0 Å². The van der Waals surface area contributed by atoms with Gasteiger partial charge in [-0.05, 0) is 37.3 Å². The lowest BCUT2D eigenvalue weighted by Crippen LogP contribution is -2.15. The highest BCUT2D eigenvalue weighted by atomic mass is 35.5. The Bertz CT molecular complexity index is 922. The molecule has 0 radical (unpaired) electrons. The van der Waals surface area contributed by atoms with E-state index >= 15 is 0 Å². The van der Waals surface area contributed by atoms with E-state index in [1.807, 2.05) is 24.6 Å². The molecule has 0 bridgehead atoms. The molecule has 0 fully saturated rings. The Balaban J connectivity index is 1.79. The maximum absolute atomic E-state index is 11.7. The number of carboxylic acids is 1. The molecule has 0 amide bonds. The number of carbonyl (C=O) groups is 1. The molecule has 4 rings (SSSR count). The van der Waals surface area contributed by atoms with Crippen molar-refractivity contribution in [3.63, 3.8) is 0 Å². The molecule has 2 atom stereocenters. The van der Waals surface area contributed by atoms with Gasteiger partial charge in [0.15, 0.2) is 5.69 Å². The molecule has 2 aliphatic rings. The molecule has 25 heavy (non-hydrogen) atoms. The topological polar surface area (TPSA) is 55.1 Å². The lowest BCUT2D eigenvalue weighted by molar-refractivity contribution is 0.0688. The van der Waals surface area contributed by atoms with Gasteiger partial charge in [-0.15, -0.1) is 0 Å². The molecule has 0 spiro atoms. The number of halogens is 1. The average molecular weight is 355 g/mol. The van der Waals surface area contributed by atoms with Crippen LogP contribution < -0.4 is 0 Å². The maximum atomic E-state index is 11.7. The largest absolute Gasteiger partial charge is 0.476 e. The molecule has 4 nitrogen and oxygen atoms in total. The Kier molecular flexibility index (Phi) is 3.80. The highest BCUT2D eigenvalue weighted by molar-refractivity contribution is 6.32. The number of aryl methyl sites for hydroxylation is 1. The van der Waals surface area contributed by atoms with Crippen LogP contribution in [0.2, 0.25) is 0 Å². The summed E-state index contributed by atoms with van der Waals surface area (Å²) in [6.07, 6.45) is 4.91. The number of carboxylic acid groups (broad SMARTS) is 1. The van der Waals surface area contributed by atoms with E-state index in [0.717, 1.165) is 27.4 Å². The number of aromatic carboxylic acids is 1. The van der Waals surface area contributed by atoms with Crippen molar-refractivity contribution in [2.45, 2.75) is 32.7 Å². The minimum absolute atomic E-state index is 0.0947. The Morgan fingerprint density at radius 1 is 1.28 bits per heavy atom. The molecule has 2 unspecified atom stereocenters. The summed E-state index contributed by atoms with van der Waals surface area (Å²) in [6, 6.07) is 8.24. The zero-order valence-electron chi connectivity index (χ0n) is 14.2. The Labute approximate surface area is 151 Å². The van der Waals surface area contributed by atoms with Gasteiger partial charge in [-0.2, -0.15) is 5.10 Å². The predicted octanol–water partition coefficient (Wildman–Crippen LogP) is 4.28. The minimum atomic E-state index is -0.965. The molecule has 5 heteroatoms. The summed E-state index contributed by atoms with van der Waals surface area (Å²) in [5, 5.41) is 14.7. The van der Waals surface area contributed by atoms with Gasteiger partial charge < -0.3 is 5.11 Å². The van der Waals surface area contributed by atoms with Crippen LogP contribution in [0.25, 0.3) is 0 Å². The second kappa shape index (κ2) is 5.88. The van der Waals surface area contributed by atoms with E-state index in [-0.39, 0.29) is 17.5 Å². The van der Waals surface area contributed by atoms with Crippen LogP contribution in [0.1, 0.15) is 45.7 Å². The number of nitrogens with zero attached hydrogens (tertiary/aromatic N) is 2. The Hall–Kier alpha value is -2.33. The third-order valence-corrected chi connectivity index (χ3v) is 5.56. The van der Waals surface area contributed by atoms with Gasteiger partial charge in [0, 0.05) is 16.5 Å². The van der Waals surface area contributed by atoms with E-state index in [2.05, 4.69) is 35.4 Å². The molecule has 128 valence electrons. The molecular weight excluding hydrogens is 336 g/mol. The van der Waals surface area contributed by atoms with Gasteiger partial charge in [0.25, 0.3) is 0 Å². The van der Waals surface area contributed by atoms with Crippen molar-refractivity contribution < 1.29 is 9.90 Å². The van der Waals surface area contributed by atoms with Crippen LogP contribution in [0.15, 0.2) is 47.0 Å². The zero-order chi connectivity index (χ0) is 17.7. The van der Waals surface area contributed by atoms with Gasteiger partial charge in [-0.25, -0.2) is 4.79 Å². The van der Waals surface area contributed by atoms with Gasteiger partial charge in [0.1, 0.15) is 0 Å². The van der Waals surface area contributed by atoms with Crippen LogP contribution in [0.4, 0.5) is 0 Å². The number of fused-ring (bicyclic) bond motifs is 3. The lowest BCUT2D eigenvalue weighted by Gasteiger charge is -2.22. The second-order valence-corrected chi connectivity index (χ2v) is 7.33. The molecule has 0 saturated heterocycles. The van der Waals surface area contributed by atoms with Crippen LogP contribution in [0.5, 0.6) is 0 Å². The molecular formula is C20H19ClN2O2. The number of hydrogen-bond donors (Lipinski definition) is 1. The fourth-order valence-corrected chi connectivity index (χ4v) is 4.06. The summed E-state index contributed by atoms with van der Waals surface area (Å²) in [6.45, 7) is 4.61. The molecule has 2 aliphatic carbocycles. The first-order valence-electron chi connectivity index (χ1n) is 8.38. The van der Waals surface area contributed by atoms with Crippen molar-refractivity contribution in [3.8, 4) is 0 Å². The third kappa shape index (κ3) is 2.71. The summed E-state index contributed by atoms with van der Waals surface area (Å²) >= 11 is 6.35.